The van der Waals surface area contributed by atoms with E-state index in [4.69, 9.17) is 5.73 Å². The molecular weight excluding hydrogens is 330 g/mol. The number of hydrogen-bond donors (Lipinski definition) is 2. The molecule has 0 aliphatic rings. The van der Waals surface area contributed by atoms with Crippen molar-refractivity contribution in [3.05, 3.63) is 22.2 Å². The van der Waals surface area contributed by atoms with E-state index in [-0.39, 0.29) is 4.90 Å². The van der Waals surface area contributed by atoms with Gasteiger partial charge in [0.15, 0.2) is 0 Å². The number of likely N-dealkylation sites (N-methyl/N-ethyl adjacent to an activating group) is 1. The smallest absolute Gasteiger partial charge is 0.240 e. The Labute approximate surface area is 123 Å². The third-order valence-corrected chi connectivity index (χ3v) is 5.03. The second-order valence-corrected chi connectivity index (χ2v) is 7.06. The van der Waals surface area contributed by atoms with Crippen molar-refractivity contribution in [2.24, 2.45) is 0 Å². The Morgan fingerprint density at radius 2 is 2.05 bits per heavy atom. The van der Waals surface area contributed by atoms with E-state index < -0.39 is 10.0 Å². The largest absolute Gasteiger partial charge is 0.398 e. The van der Waals surface area contributed by atoms with Gasteiger partial charge < -0.3 is 10.6 Å². The summed E-state index contributed by atoms with van der Waals surface area (Å²) in [6, 6.07) is 3.26. The average Bonchev–Trinajstić information content (AvgIpc) is 2.33. The summed E-state index contributed by atoms with van der Waals surface area (Å²) in [5, 5.41) is 0. The van der Waals surface area contributed by atoms with E-state index in [1.54, 1.807) is 19.1 Å². The van der Waals surface area contributed by atoms with E-state index >= 15 is 0 Å². The van der Waals surface area contributed by atoms with Crippen molar-refractivity contribution in [2.45, 2.75) is 18.7 Å². The van der Waals surface area contributed by atoms with Crippen LogP contribution < -0.4 is 10.5 Å². The predicted octanol–water partition coefficient (Wildman–Crippen LogP) is 1.57. The van der Waals surface area contributed by atoms with Crippen LogP contribution >= 0.6 is 15.9 Å². The summed E-state index contributed by atoms with van der Waals surface area (Å²) in [5.41, 5.74) is 6.81. The van der Waals surface area contributed by atoms with Crippen LogP contribution in [-0.2, 0) is 10.0 Å². The maximum atomic E-state index is 12.2. The lowest BCUT2D eigenvalue weighted by atomic mass is 10.2. The quantitative estimate of drug-likeness (QED) is 0.764. The average molecular weight is 350 g/mol. The highest BCUT2D eigenvalue weighted by atomic mass is 79.9. The summed E-state index contributed by atoms with van der Waals surface area (Å²) < 4.78 is 27.7. The fourth-order valence-electron chi connectivity index (χ4n) is 1.56. The monoisotopic (exact) mass is 349 g/mol. The summed E-state index contributed by atoms with van der Waals surface area (Å²) in [4.78, 5) is 2.25. The number of sulfonamides is 1. The first-order valence-electron chi connectivity index (χ1n) is 6.01. The Hall–Kier alpha value is -0.630. The third kappa shape index (κ3) is 4.45. The molecule has 0 aromatic heterocycles. The molecule has 0 spiro atoms. The second kappa shape index (κ2) is 6.69. The second-order valence-electron chi connectivity index (χ2n) is 4.41. The maximum absolute atomic E-state index is 12.2. The Kier molecular flexibility index (Phi) is 5.79. The van der Waals surface area contributed by atoms with Gasteiger partial charge in [0.2, 0.25) is 10.0 Å². The minimum atomic E-state index is -3.53. The minimum absolute atomic E-state index is 0.221. The molecule has 0 aliphatic heterocycles. The number of hydrogen-bond acceptors (Lipinski definition) is 4. The lowest BCUT2D eigenvalue weighted by Gasteiger charge is -2.15. The molecule has 19 heavy (non-hydrogen) atoms. The van der Waals surface area contributed by atoms with Crippen LogP contribution in [-0.4, -0.2) is 40.0 Å². The molecule has 0 aliphatic carbocycles. The standard InChI is InChI=1S/C12H20BrN3O2S/c1-4-16(3)6-5-15-19(17,18)12-8-10(13)7-11(14)9(12)2/h7-8,15H,4-6,14H2,1-3H3. The number of rotatable bonds is 6. The summed E-state index contributed by atoms with van der Waals surface area (Å²) in [5.74, 6) is 0. The van der Waals surface area contributed by atoms with Crippen LogP contribution in [0.15, 0.2) is 21.5 Å². The highest BCUT2D eigenvalue weighted by Crippen LogP contribution is 2.25. The molecule has 0 heterocycles. The van der Waals surface area contributed by atoms with E-state index in [0.717, 1.165) is 6.54 Å². The first-order chi connectivity index (χ1) is 8.77. The first kappa shape index (κ1) is 16.4. The number of halogens is 1. The van der Waals surface area contributed by atoms with Gasteiger partial charge in [-0.15, -0.1) is 0 Å². The van der Waals surface area contributed by atoms with Gasteiger partial charge in [-0.3, -0.25) is 0 Å². The zero-order valence-electron chi connectivity index (χ0n) is 11.4. The molecule has 108 valence electrons. The predicted molar refractivity (Wildman–Crippen MR) is 81.7 cm³/mol. The maximum Gasteiger partial charge on any atom is 0.240 e. The molecule has 0 atom stereocenters. The molecule has 0 saturated heterocycles. The van der Waals surface area contributed by atoms with Gasteiger partial charge in [-0.2, -0.15) is 0 Å². The van der Waals surface area contributed by atoms with E-state index in [1.807, 2.05) is 18.9 Å². The Morgan fingerprint density at radius 3 is 2.63 bits per heavy atom. The van der Waals surface area contributed by atoms with Gasteiger partial charge in [-0.1, -0.05) is 22.9 Å². The molecule has 1 aromatic carbocycles. The number of nitrogens with zero attached hydrogens (tertiary/aromatic N) is 1. The molecule has 3 N–H and O–H groups in total. The third-order valence-electron chi connectivity index (χ3n) is 2.98. The SMILES string of the molecule is CCN(C)CCNS(=O)(=O)c1cc(Br)cc(N)c1C. The van der Waals surface area contributed by atoms with Crippen molar-refractivity contribution in [1.82, 2.24) is 9.62 Å². The van der Waals surface area contributed by atoms with Crippen molar-refractivity contribution in [1.29, 1.82) is 0 Å². The van der Waals surface area contributed by atoms with E-state index in [1.165, 1.54) is 0 Å². The van der Waals surface area contributed by atoms with Crippen molar-refractivity contribution in [3.8, 4) is 0 Å². The normalized spacial score (nSPS) is 12.1. The van der Waals surface area contributed by atoms with Crippen LogP contribution in [0.1, 0.15) is 12.5 Å². The van der Waals surface area contributed by atoms with E-state index in [2.05, 4.69) is 20.7 Å². The van der Waals surface area contributed by atoms with Crippen LogP contribution in [0.5, 0.6) is 0 Å². The molecule has 5 nitrogen and oxygen atoms in total. The minimum Gasteiger partial charge on any atom is -0.398 e. The Bertz CT molecular complexity index is 546. The van der Waals surface area contributed by atoms with Gasteiger partial charge in [0.25, 0.3) is 0 Å². The summed E-state index contributed by atoms with van der Waals surface area (Å²) in [7, 11) is -1.59. The van der Waals surface area contributed by atoms with Crippen molar-refractivity contribution < 1.29 is 8.42 Å². The molecule has 0 fully saturated rings. The molecule has 0 radical (unpaired) electrons. The zero-order chi connectivity index (χ0) is 14.6. The number of nitrogens with one attached hydrogen (secondary N) is 1. The highest BCUT2D eigenvalue weighted by molar-refractivity contribution is 9.10. The summed E-state index contributed by atoms with van der Waals surface area (Å²) >= 11 is 3.26. The first-order valence-corrected chi connectivity index (χ1v) is 8.29. The fraction of sp³-hybridized carbons (Fsp3) is 0.500. The van der Waals surface area contributed by atoms with E-state index in [0.29, 0.717) is 28.8 Å². The molecule has 1 rings (SSSR count). The van der Waals surface area contributed by atoms with Crippen LogP contribution in [0.4, 0.5) is 5.69 Å². The molecule has 0 amide bonds. The van der Waals surface area contributed by atoms with Crippen LogP contribution in [0, 0.1) is 6.92 Å². The number of nitrogen functional groups attached to an aromatic ring is 1. The number of nitrogens with two attached hydrogens (primary N) is 1. The lowest BCUT2D eigenvalue weighted by Crippen LogP contribution is -2.33. The van der Waals surface area contributed by atoms with Gasteiger partial charge in [0, 0.05) is 23.2 Å². The van der Waals surface area contributed by atoms with Crippen LogP contribution in [0.2, 0.25) is 0 Å². The molecule has 1 aromatic rings. The van der Waals surface area contributed by atoms with Crippen LogP contribution in [0.3, 0.4) is 0 Å². The fourth-order valence-corrected chi connectivity index (χ4v) is 3.51. The molecular formula is C12H20BrN3O2S. The van der Waals surface area contributed by atoms with Gasteiger partial charge in [0.05, 0.1) is 4.90 Å². The molecule has 0 bridgehead atoms. The topological polar surface area (TPSA) is 75.4 Å². The Morgan fingerprint density at radius 1 is 1.42 bits per heavy atom. The number of benzene rings is 1. The van der Waals surface area contributed by atoms with Gasteiger partial charge in [0.1, 0.15) is 0 Å². The summed E-state index contributed by atoms with van der Waals surface area (Å²) in [6.07, 6.45) is 0. The lowest BCUT2D eigenvalue weighted by molar-refractivity contribution is 0.358. The van der Waals surface area contributed by atoms with Crippen molar-refractivity contribution in [3.63, 3.8) is 0 Å². The van der Waals surface area contributed by atoms with Gasteiger partial charge >= 0.3 is 0 Å². The number of anilines is 1. The zero-order valence-corrected chi connectivity index (χ0v) is 13.8. The van der Waals surface area contributed by atoms with Gasteiger partial charge in [-0.05, 0) is 38.2 Å². The highest BCUT2D eigenvalue weighted by Gasteiger charge is 2.18. The summed E-state index contributed by atoms with van der Waals surface area (Å²) in [6.45, 7) is 5.64. The van der Waals surface area contributed by atoms with Crippen molar-refractivity contribution >= 4 is 31.6 Å². The van der Waals surface area contributed by atoms with Crippen LogP contribution in [0.25, 0.3) is 0 Å². The molecule has 7 heteroatoms. The van der Waals surface area contributed by atoms with E-state index in [9.17, 15) is 8.42 Å². The Balaban J connectivity index is 2.89. The molecule has 0 saturated carbocycles. The molecule has 0 unspecified atom stereocenters. The van der Waals surface area contributed by atoms with Gasteiger partial charge in [-0.25, -0.2) is 13.1 Å². The van der Waals surface area contributed by atoms with Crippen molar-refractivity contribution in [2.75, 3.05) is 32.4 Å².